The third kappa shape index (κ3) is 2.72. The number of thiazole rings is 1. The van der Waals surface area contributed by atoms with Crippen LogP contribution in [0.5, 0.6) is 0 Å². The summed E-state index contributed by atoms with van der Waals surface area (Å²) in [6, 6.07) is 0. The van der Waals surface area contributed by atoms with Crippen LogP contribution in [-0.2, 0) is 6.42 Å². The Morgan fingerprint density at radius 3 is 3.07 bits per heavy atom. The molecule has 1 N–H and O–H groups in total. The molecule has 0 atom stereocenters. The second-order valence-electron chi connectivity index (χ2n) is 3.71. The summed E-state index contributed by atoms with van der Waals surface area (Å²) in [6.07, 6.45) is 1.20. The van der Waals surface area contributed by atoms with E-state index >= 15 is 0 Å². The maximum Gasteiger partial charge on any atom is 0.0797 e. The first kappa shape index (κ1) is 10.5. The summed E-state index contributed by atoms with van der Waals surface area (Å²) in [5.74, 6) is 3.51. The number of hydrogen-bond donors (Lipinski definition) is 1. The predicted molar refractivity (Wildman–Crippen MR) is 64.2 cm³/mol. The van der Waals surface area contributed by atoms with Crippen LogP contribution in [0.3, 0.4) is 0 Å². The Bertz CT molecular complexity index is 281. The zero-order valence-corrected chi connectivity index (χ0v) is 10.1. The molecular weight excluding hydrogens is 212 g/mol. The van der Waals surface area contributed by atoms with E-state index in [-0.39, 0.29) is 0 Å². The van der Waals surface area contributed by atoms with Crippen LogP contribution in [-0.4, -0.2) is 29.6 Å². The number of aryl methyl sites for hydroxylation is 2. The summed E-state index contributed by atoms with van der Waals surface area (Å²) < 4.78 is 0. The number of nitrogens with zero attached hydrogens (tertiary/aromatic N) is 1. The van der Waals surface area contributed by atoms with Crippen LogP contribution in [0.1, 0.15) is 10.6 Å². The molecule has 0 unspecified atom stereocenters. The Morgan fingerprint density at radius 2 is 2.50 bits per heavy atom. The van der Waals surface area contributed by atoms with Gasteiger partial charge in [-0.1, -0.05) is 0 Å². The minimum Gasteiger partial charge on any atom is -0.316 e. The van der Waals surface area contributed by atoms with Gasteiger partial charge in [-0.3, -0.25) is 0 Å². The molecule has 1 saturated heterocycles. The summed E-state index contributed by atoms with van der Waals surface area (Å²) in [6.45, 7) is 4.56. The summed E-state index contributed by atoms with van der Waals surface area (Å²) in [5.41, 5.74) is 3.17. The average Bonchev–Trinajstić information content (AvgIpc) is 2.48. The Hall–Kier alpha value is -0.0600. The standard InChI is InChI=1S/C10H16N2S2/c1-8-10(14-7-12-8)2-3-13-6-9-4-11-5-9/h7,9,11H,2-6H2,1H3. The molecule has 1 aromatic rings. The van der Waals surface area contributed by atoms with E-state index in [1.807, 2.05) is 5.51 Å². The first-order chi connectivity index (χ1) is 6.86. The minimum atomic E-state index is 0.933. The van der Waals surface area contributed by atoms with E-state index < -0.39 is 0 Å². The van der Waals surface area contributed by atoms with Crippen molar-refractivity contribution in [3.05, 3.63) is 16.1 Å². The molecule has 0 amide bonds. The third-order valence-electron chi connectivity index (χ3n) is 2.54. The fourth-order valence-electron chi connectivity index (χ4n) is 1.45. The van der Waals surface area contributed by atoms with Gasteiger partial charge in [0.25, 0.3) is 0 Å². The van der Waals surface area contributed by atoms with Crippen molar-refractivity contribution in [2.75, 3.05) is 24.6 Å². The van der Waals surface area contributed by atoms with Gasteiger partial charge in [0.15, 0.2) is 0 Å². The van der Waals surface area contributed by atoms with Crippen molar-refractivity contribution in [1.29, 1.82) is 0 Å². The minimum absolute atomic E-state index is 0.933. The SMILES string of the molecule is Cc1ncsc1CCSCC1CNC1. The van der Waals surface area contributed by atoms with Gasteiger partial charge in [0.2, 0.25) is 0 Å². The Kier molecular flexibility index (Phi) is 3.84. The quantitative estimate of drug-likeness (QED) is 0.780. The van der Waals surface area contributed by atoms with E-state index in [1.165, 1.54) is 41.6 Å². The van der Waals surface area contributed by atoms with Gasteiger partial charge >= 0.3 is 0 Å². The largest absolute Gasteiger partial charge is 0.316 e. The summed E-state index contributed by atoms with van der Waals surface area (Å²) in [5, 5.41) is 3.30. The first-order valence-electron chi connectivity index (χ1n) is 5.03. The summed E-state index contributed by atoms with van der Waals surface area (Å²) in [7, 11) is 0. The zero-order chi connectivity index (χ0) is 9.80. The maximum absolute atomic E-state index is 4.26. The molecule has 0 aliphatic carbocycles. The fraction of sp³-hybridized carbons (Fsp3) is 0.700. The molecule has 2 heterocycles. The number of thioether (sulfide) groups is 1. The molecule has 2 rings (SSSR count). The van der Waals surface area contributed by atoms with Gasteiger partial charge < -0.3 is 5.32 Å². The zero-order valence-electron chi connectivity index (χ0n) is 8.45. The molecule has 4 heteroatoms. The highest BCUT2D eigenvalue weighted by atomic mass is 32.2. The van der Waals surface area contributed by atoms with Crippen LogP contribution in [0, 0.1) is 12.8 Å². The van der Waals surface area contributed by atoms with Gasteiger partial charge in [-0.15, -0.1) is 11.3 Å². The van der Waals surface area contributed by atoms with Crippen molar-refractivity contribution in [2.24, 2.45) is 5.92 Å². The van der Waals surface area contributed by atoms with Crippen molar-refractivity contribution in [3.63, 3.8) is 0 Å². The molecule has 1 aliphatic rings. The highest BCUT2D eigenvalue weighted by Gasteiger charge is 2.15. The van der Waals surface area contributed by atoms with Gasteiger partial charge in [0.05, 0.1) is 11.2 Å². The molecule has 1 aliphatic heterocycles. The molecular formula is C10H16N2S2. The molecule has 78 valence electrons. The van der Waals surface area contributed by atoms with Crippen molar-refractivity contribution < 1.29 is 0 Å². The molecule has 1 fully saturated rings. The van der Waals surface area contributed by atoms with Gasteiger partial charge in [-0.25, -0.2) is 4.98 Å². The van der Waals surface area contributed by atoms with E-state index in [4.69, 9.17) is 0 Å². The van der Waals surface area contributed by atoms with E-state index in [9.17, 15) is 0 Å². The molecule has 0 bridgehead atoms. The normalized spacial score (nSPS) is 16.9. The lowest BCUT2D eigenvalue weighted by molar-refractivity contribution is 0.385. The maximum atomic E-state index is 4.26. The average molecular weight is 228 g/mol. The van der Waals surface area contributed by atoms with Gasteiger partial charge in [-0.05, 0) is 43.9 Å². The third-order valence-corrected chi connectivity index (χ3v) is 4.73. The van der Waals surface area contributed by atoms with Crippen molar-refractivity contribution in [3.8, 4) is 0 Å². The van der Waals surface area contributed by atoms with E-state index in [0.717, 1.165) is 5.92 Å². The smallest absolute Gasteiger partial charge is 0.0797 e. The fourth-order valence-corrected chi connectivity index (χ4v) is 3.44. The molecule has 0 spiro atoms. The highest BCUT2D eigenvalue weighted by molar-refractivity contribution is 7.99. The van der Waals surface area contributed by atoms with Crippen LogP contribution in [0.15, 0.2) is 5.51 Å². The molecule has 14 heavy (non-hydrogen) atoms. The molecule has 0 radical (unpaired) electrons. The number of nitrogens with one attached hydrogen (secondary N) is 1. The molecule has 0 saturated carbocycles. The Morgan fingerprint density at radius 1 is 1.64 bits per heavy atom. The molecule has 2 nitrogen and oxygen atoms in total. The van der Waals surface area contributed by atoms with Gasteiger partial charge in [0, 0.05) is 4.88 Å². The van der Waals surface area contributed by atoms with Crippen molar-refractivity contribution in [1.82, 2.24) is 10.3 Å². The van der Waals surface area contributed by atoms with E-state index in [2.05, 4.69) is 29.0 Å². The summed E-state index contributed by atoms with van der Waals surface area (Å²) >= 11 is 3.87. The van der Waals surface area contributed by atoms with Crippen LogP contribution >= 0.6 is 23.1 Å². The van der Waals surface area contributed by atoms with Crippen LogP contribution in [0.2, 0.25) is 0 Å². The van der Waals surface area contributed by atoms with Gasteiger partial charge in [0.1, 0.15) is 0 Å². The lowest BCUT2D eigenvalue weighted by Gasteiger charge is -2.26. The van der Waals surface area contributed by atoms with Crippen LogP contribution in [0.4, 0.5) is 0 Å². The van der Waals surface area contributed by atoms with Crippen molar-refractivity contribution in [2.45, 2.75) is 13.3 Å². The second kappa shape index (κ2) is 5.14. The topological polar surface area (TPSA) is 24.9 Å². The lowest BCUT2D eigenvalue weighted by atomic mass is 10.1. The highest BCUT2D eigenvalue weighted by Crippen LogP contribution is 2.17. The van der Waals surface area contributed by atoms with E-state index in [1.54, 1.807) is 11.3 Å². The first-order valence-corrected chi connectivity index (χ1v) is 7.07. The van der Waals surface area contributed by atoms with Crippen LogP contribution < -0.4 is 5.32 Å². The van der Waals surface area contributed by atoms with E-state index in [0.29, 0.717) is 0 Å². The Balaban J connectivity index is 1.60. The predicted octanol–water partition coefficient (Wildman–Crippen LogP) is 1.95. The lowest BCUT2D eigenvalue weighted by Crippen LogP contribution is -2.43. The monoisotopic (exact) mass is 228 g/mol. The van der Waals surface area contributed by atoms with Crippen molar-refractivity contribution >= 4 is 23.1 Å². The number of rotatable bonds is 5. The Labute approximate surface area is 93.5 Å². The number of aromatic nitrogens is 1. The number of hydrogen-bond acceptors (Lipinski definition) is 4. The summed E-state index contributed by atoms with van der Waals surface area (Å²) in [4.78, 5) is 5.72. The second-order valence-corrected chi connectivity index (χ2v) is 5.80. The van der Waals surface area contributed by atoms with Gasteiger partial charge in [-0.2, -0.15) is 11.8 Å². The molecule has 1 aromatic heterocycles. The molecule has 0 aromatic carbocycles. The van der Waals surface area contributed by atoms with Crippen LogP contribution in [0.25, 0.3) is 0 Å².